The van der Waals surface area contributed by atoms with Gasteiger partial charge in [-0.25, -0.2) is 0 Å². The van der Waals surface area contributed by atoms with Crippen LogP contribution in [0.15, 0.2) is 24.3 Å². The maximum atomic E-state index is 12.4. The summed E-state index contributed by atoms with van der Waals surface area (Å²) in [5.41, 5.74) is 1.59. The summed E-state index contributed by atoms with van der Waals surface area (Å²) in [5.74, 6) is -0.371. The molecule has 1 heterocycles. The van der Waals surface area contributed by atoms with Crippen LogP contribution in [0, 0.1) is 12.8 Å². The fourth-order valence-corrected chi connectivity index (χ4v) is 2.68. The van der Waals surface area contributed by atoms with Crippen LogP contribution in [0.2, 0.25) is 0 Å². The van der Waals surface area contributed by atoms with Gasteiger partial charge < -0.3 is 15.4 Å². The lowest BCUT2D eigenvalue weighted by Gasteiger charge is -2.22. The Hall–Kier alpha value is -1.88. The van der Waals surface area contributed by atoms with Crippen LogP contribution in [-0.4, -0.2) is 37.1 Å². The largest absolute Gasteiger partial charge is 0.376 e. The summed E-state index contributed by atoms with van der Waals surface area (Å²) in [4.78, 5) is 24.8. The van der Waals surface area contributed by atoms with Gasteiger partial charge in [0, 0.05) is 18.7 Å². The first-order chi connectivity index (χ1) is 11.0. The second-order valence-electron chi connectivity index (χ2n) is 6.44. The van der Waals surface area contributed by atoms with Gasteiger partial charge in [0.2, 0.25) is 5.91 Å². The highest BCUT2D eigenvalue weighted by atomic mass is 16.5. The van der Waals surface area contributed by atoms with Gasteiger partial charge in [-0.2, -0.15) is 0 Å². The van der Waals surface area contributed by atoms with E-state index >= 15 is 0 Å². The van der Waals surface area contributed by atoms with Crippen molar-refractivity contribution in [3.63, 3.8) is 0 Å². The van der Waals surface area contributed by atoms with Crippen LogP contribution in [0.5, 0.6) is 0 Å². The van der Waals surface area contributed by atoms with Crippen LogP contribution >= 0.6 is 0 Å². The molecule has 2 N–H and O–H groups in total. The third-order valence-electron chi connectivity index (χ3n) is 4.04. The first-order valence-electron chi connectivity index (χ1n) is 8.24. The standard InChI is InChI=1S/C18H26N2O3/c1-12(2)16(18(22)19-11-15-8-5-9-23-15)20-17(21)14-7-4-6-13(3)10-14/h4,6-7,10,12,15-16H,5,8-9,11H2,1-3H3,(H,19,22)(H,20,21)/t15-,16-/m1/s1. The van der Waals surface area contributed by atoms with Crippen LogP contribution in [-0.2, 0) is 9.53 Å². The molecular formula is C18H26N2O3. The van der Waals surface area contributed by atoms with Crippen molar-refractivity contribution in [1.82, 2.24) is 10.6 Å². The monoisotopic (exact) mass is 318 g/mol. The quantitative estimate of drug-likeness (QED) is 0.843. The van der Waals surface area contributed by atoms with E-state index in [1.54, 1.807) is 6.07 Å². The number of carbonyl (C=O) groups excluding carboxylic acids is 2. The molecule has 1 fully saturated rings. The molecule has 126 valence electrons. The van der Waals surface area contributed by atoms with Crippen LogP contribution in [0.1, 0.15) is 42.6 Å². The highest BCUT2D eigenvalue weighted by Gasteiger charge is 2.26. The molecule has 2 rings (SSSR count). The van der Waals surface area contributed by atoms with Gasteiger partial charge in [-0.15, -0.1) is 0 Å². The summed E-state index contributed by atoms with van der Waals surface area (Å²) in [6.45, 7) is 7.05. The zero-order valence-electron chi connectivity index (χ0n) is 14.1. The SMILES string of the molecule is Cc1cccc(C(=O)N[C@@H](C(=O)NC[C@H]2CCCO2)C(C)C)c1. The summed E-state index contributed by atoms with van der Waals surface area (Å²) in [6.07, 6.45) is 2.11. The van der Waals surface area contributed by atoms with E-state index < -0.39 is 6.04 Å². The third kappa shape index (κ3) is 5.06. The van der Waals surface area contributed by atoms with Gasteiger partial charge in [-0.3, -0.25) is 9.59 Å². The lowest BCUT2D eigenvalue weighted by Crippen LogP contribution is -2.50. The van der Waals surface area contributed by atoms with Crippen molar-refractivity contribution < 1.29 is 14.3 Å². The first kappa shape index (κ1) is 17.5. The second kappa shape index (κ2) is 8.11. The Bertz CT molecular complexity index is 551. The topological polar surface area (TPSA) is 67.4 Å². The molecule has 1 aliphatic heterocycles. The van der Waals surface area contributed by atoms with Crippen LogP contribution < -0.4 is 10.6 Å². The minimum atomic E-state index is -0.551. The molecule has 0 bridgehead atoms. The molecule has 0 radical (unpaired) electrons. The van der Waals surface area contributed by atoms with E-state index in [9.17, 15) is 9.59 Å². The van der Waals surface area contributed by atoms with Crippen LogP contribution in [0.25, 0.3) is 0 Å². The van der Waals surface area contributed by atoms with Crippen molar-refractivity contribution in [2.24, 2.45) is 5.92 Å². The second-order valence-corrected chi connectivity index (χ2v) is 6.44. The molecule has 1 saturated heterocycles. The van der Waals surface area contributed by atoms with Crippen molar-refractivity contribution in [2.75, 3.05) is 13.2 Å². The summed E-state index contributed by atoms with van der Waals surface area (Å²) in [5, 5.41) is 5.74. The van der Waals surface area contributed by atoms with Crippen molar-refractivity contribution in [3.05, 3.63) is 35.4 Å². The lowest BCUT2D eigenvalue weighted by molar-refractivity contribution is -0.124. The average molecular weight is 318 g/mol. The summed E-state index contributed by atoms with van der Waals surface area (Å²) < 4.78 is 5.51. The molecule has 1 aromatic rings. The molecule has 0 aromatic heterocycles. The van der Waals surface area contributed by atoms with Gasteiger partial charge in [0.15, 0.2) is 0 Å². The Morgan fingerprint density at radius 3 is 2.74 bits per heavy atom. The third-order valence-corrected chi connectivity index (χ3v) is 4.04. The number of nitrogens with one attached hydrogen (secondary N) is 2. The summed E-state index contributed by atoms with van der Waals surface area (Å²) >= 11 is 0. The fraction of sp³-hybridized carbons (Fsp3) is 0.556. The Kier molecular flexibility index (Phi) is 6.16. The maximum Gasteiger partial charge on any atom is 0.251 e. The molecule has 23 heavy (non-hydrogen) atoms. The van der Waals surface area contributed by atoms with Gasteiger partial charge in [-0.1, -0.05) is 31.5 Å². The van der Waals surface area contributed by atoms with Crippen LogP contribution in [0.4, 0.5) is 0 Å². The Labute approximate surface area is 137 Å². The predicted octanol–water partition coefficient (Wildman–Crippen LogP) is 2.04. The maximum absolute atomic E-state index is 12.4. The molecular weight excluding hydrogens is 292 g/mol. The van der Waals surface area contributed by atoms with Crippen molar-refractivity contribution in [2.45, 2.75) is 45.8 Å². The number of aryl methyl sites for hydroxylation is 1. The zero-order chi connectivity index (χ0) is 16.8. The van der Waals surface area contributed by atoms with Gasteiger partial charge >= 0.3 is 0 Å². The predicted molar refractivity (Wildman–Crippen MR) is 89.3 cm³/mol. The molecule has 5 nitrogen and oxygen atoms in total. The van der Waals surface area contributed by atoms with Gasteiger partial charge in [0.05, 0.1) is 6.10 Å². The number of benzene rings is 1. The van der Waals surface area contributed by atoms with E-state index in [4.69, 9.17) is 4.74 Å². The van der Waals surface area contributed by atoms with Crippen molar-refractivity contribution >= 4 is 11.8 Å². The van der Waals surface area contributed by atoms with E-state index in [-0.39, 0.29) is 23.8 Å². The fourth-order valence-electron chi connectivity index (χ4n) is 2.68. The number of hydrogen-bond donors (Lipinski definition) is 2. The van der Waals surface area contributed by atoms with Crippen molar-refractivity contribution in [3.8, 4) is 0 Å². The highest BCUT2D eigenvalue weighted by molar-refractivity contribution is 5.97. The number of rotatable bonds is 6. The highest BCUT2D eigenvalue weighted by Crippen LogP contribution is 2.11. The number of ether oxygens (including phenoxy) is 1. The summed E-state index contributed by atoms with van der Waals surface area (Å²) in [6, 6.07) is 6.79. The zero-order valence-corrected chi connectivity index (χ0v) is 14.1. The van der Waals surface area contributed by atoms with E-state index in [2.05, 4.69) is 10.6 Å². The lowest BCUT2D eigenvalue weighted by atomic mass is 10.0. The Morgan fingerprint density at radius 1 is 1.35 bits per heavy atom. The molecule has 1 aliphatic rings. The smallest absolute Gasteiger partial charge is 0.251 e. The Balaban J connectivity index is 1.94. The van der Waals surface area contributed by atoms with Crippen LogP contribution in [0.3, 0.4) is 0 Å². The number of carbonyl (C=O) groups is 2. The van der Waals surface area contributed by atoms with Gasteiger partial charge in [0.1, 0.15) is 6.04 Å². The van der Waals surface area contributed by atoms with E-state index in [1.807, 2.05) is 39.0 Å². The molecule has 0 spiro atoms. The van der Waals surface area contributed by atoms with E-state index in [1.165, 1.54) is 0 Å². The molecule has 1 aromatic carbocycles. The molecule has 5 heteroatoms. The molecule has 0 saturated carbocycles. The molecule has 2 amide bonds. The minimum Gasteiger partial charge on any atom is -0.376 e. The Morgan fingerprint density at radius 2 is 2.13 bits per heavy atom. The minimum absolute atomic E-state index is 0.00764. The first-order valence-corrected chi connectivity index (χ1v) is 8.24. The summed E-state index contributed by atoms with van der Waals surface area (Å²) in [7, 11) is 0. The number of amides is 2. The van der Waals surface area contributed by atoms with Gasteiger partial charge in [0.25, 0.3) is 5.91 Å². The van der Waals surface area contributed by atoms with E-state index in [0.29, 0.717) is 12.1 Å². The molecule has 0 aliphatic carbocycles. The average Bonchev–Trinajstić information content (AvgIpc) is 3.03. The number of hydrogen-bond acceptors (Lipinski definition) is 3. The van der Waals surface area contributed by atoms with E-state index in [0.717, 1.165) is 25.0 Å². The molecule has 2 atom stereocenters. The van der Waals surface area contributed by atoms with Gasteiger partial charge in [-0.05, 0) is 37.8 Å². The van der Waals surface area contributed by atoms with Crippen molar-refractivity contribution in [1.29, 1.82) is 0 Å². The molecule has 0 unspecified atom stereocenters. The normalized spacial score (nSPS) is 18.7.